The summed E-state index contributed by atoms with van der Waals surface area (Å²) in [4.78, 5) is 15.1. The minimum Gasteiger partial charge on any atom is -0.465 e. The third-order valence-electron chi connectivity index (χ3n) is 1.77. The van der Waals surface area contributed by atoms with E-state index in [1.54, 1.807) is 22.6 Å². The second-order valence-corrected chi connectivity index (χ2v) is 4.23. The molecule has 1 rings (SSSR count). The monoisotopic (exact) mass is 395 g/mol. The van der Waals surface area contributed by atoms with Gasteiger partial charge in [-0.2, -0.15) is 0 Å². The number of carbonyl (C=O) groups excluding carboxylic acids is 1. The number of methoxy groups -OCH3 is 1. The van der Waals surface area contributed by atoms with Crippen LogP contribution in [0.3, 0.4) is 0 Å². The zero-order valence-corrected chi connectivity index (χ0v) is 11.8. The van der Waals surface area contributed by atoms with E-state index in [1.165, 1.54) is 0 Å². The lowest BCUT2D eigenvalue weighted by Gasteiger charge is -2.13. The molecule has 0 aliphatic carbocycles. The molecule has 0 atom stereocenters. The lowest BCUT2D eigenvalue weighted by Crippen LogP contribution is -2.19. The molecule has 0 fully saturated rings. The van der Waals surface area contributed by atoms with Crippen molar-refractivity contribution in [3.05, 3.63) is 21.0 Å². The highest BCUT2D eigenvalue weighted by molar-refractivity contribution is 14.1. The van der Waals surface area contributed by atoms with E-state index in [9.17, 15) is 18.0 Å². The second kappa shape index (κ2) is 5.91. The maximum absolute atomic E-state index is 12.2. The number of hydrogen-bond acceptors (Lipinski definition) is 4. The van der Waals surface area contributed by atoms with Crippen molar-refractivity contribution in [2.24, 2.45) is 0 Å². The molecule has 1 aromatic rings. The van der Waals surface area contributed by atoms with Crippen LogP contribution < -0.4 is 4.74 Å². The lowest BCUT2D eigenvalue weighted by molar-refractivity contribution is -0.275. The maximum atomic E-state index is 12.2. The van der Waals surface area contributed by atoms with Gasteiger partial charge in [-0.15, -0.1) is 24.8 Å². The molecule has 0 saturated carbocycles. The molecule has 9 heteroatoms. The topological polar surface area (TPSA) is 48.4 Å². The van der Waals surface area contributed by atoms with Gasteiger partial charge in [-0.1, -0.05) is 0 Å². The van der Waals surface area contributed by atoms with E-state index in [1.807, 2.05) is 0 Å². The molecule has 1 aromatic heterocycles. The fourth-order valence-corrected chi connectivity index (χ4v) is 1.93. The summed E-state index contributed by atoms with van der Waals surface area (Å²) in [5.41, 5.74) is -0.225. The van der Waals surface area contributed by atoms with Crippen LogP contribution in [0.15, 0.2) is 6.07 Å². The maximum Gasteiger partial charge on any atom is 0.573 e. The van der Waals surface area contributed by atoms with Gasteiger partial charge in [0.05, 0.1) is 24.2 Å². The van der Waals surface area contributed by atoms with Gasteiger partial charge in [0, 0.05) is 0 Å². The molecule has 0 aliphatic rings. The molecular weight excluding hydrogens is 389 g/mol. The average Bonchev–Trinajstić information content (AvgIpc) is 2.28. The predicted molar refractivity (Wildman–Crippen MR) is 64.5 cm³/mol. The minimum absolute atomic E-state index is 0.106. The Kier molecular flexibility index (Phi) is 5.02. The number of aromatic nitrogens is 1. The average molecular weight is 396 g/mol. The summed E-state index contributed by atoms with van der Waals surface area (Å²) < 4.78 is 44.8. The van der Waals surface area contributed by atoms with Crippen molar-refractivity contribution >= 4 is 40.2 Å². The molecule has 0 saturated heterocycles. The molecule has 100 valence electrons. The molecule has 0 radical (unpaired) electrons. The van der Waals surface area contributed by atoms with E-state index in [4.69, 9.17) is 11.6 Å². The molecule has 0 aromatic carbocycles. The zero-order chi connectivity index (χ0) is 13.9. The van der Waals surface area contributed by atoms with Crippen molar-refractivity contribution in [2.45, 2.75) is 12.2 Å². The van der Waals surface area contributed by atoms with Gasteiger partial charge in [-0.25, -0.2) is 9.78 Å². The van der Waals surface area contributed by atoms with Crippen molar-refractivity contribution in [3.8, 4) is 5.75 Å². The molecule has 0 N–H and O–H groups in total. The van der Waals surface area contributed by atoms with E-state index in [-0.39, 0.29) is 20.8 Å². The van der Waals surface area contributed by atoms with Crippen LogP contribution in [-0.2, 0) is 10.6 Å². The highest BCUT2D eigenvalue weighted by Crippen LogP contribution is 2.29. The summed E-state index contributed by atoms with van der Waals surface area (Å²) in [6.45, 7) is 0. The first-order chi connectivity index (χ1) is 8.28. The molecule has 0 bridgehead atoms. The van der Waals surface area contributed by atoms with Crippen LogP contribution in [0.5, 0.6) is 5.75 Å². The highest BCUT2D eigenvalue weighted by Gasteiger charge is 2.33. The quantitative estimate of drug-likeness (QED) is 0.342. The lowest BCUT2D eigenvalue weighted by atomic mass is 10.2. The van der Waals surface area contributed by atoms with Crippen molar-refractivity contribution in [1.29, 1.82) is 0 Å². The van der Waals surface area contributed by atoms with Crippen LogP contribution in [-0.4, -0.2) is 24.4 Å². The Labute approximate surface area is 119 Å². The summed E-state index contributed by atoms with van der Waals surface area (Å²) in [6, 6.07) is 0.909. The first-order valence-electron chi connectivity index (χ1n) is 4.38. The van der Waals surface area contributed by atoms with Crippen molar-refractivity contribution in [1.82, 2.24) is 4.98 Å². The number of pyridine rings is 1. The zero-order valence-electron chi connectivity index (χ0n) is 8.85. The number of halogens is 5. The van der Waals surface area contributed by atoms with Gasteiger partial charge < -0.3 is 9.47 Å². The smallest absolute Gasteiger partial charge is 0.465 e. The number of rotatable bonds is 3. The van der Waals surface area contributed by atoms with E-state index in [0.717, 1.165) is 13.2 Å². The fraction of sp³-hybridized carbons (Fsp3) is 0.333. The van der Waals surface area contributed by atoms with E-state index in [2.05, 4.69) is 14.5 Å². The molecule has 0 spiro atoms. The summed E-state index contributed by atoms with van der Waals surface area (Å²) in [6.07, 6.45) is -4.89. The Morgan fingerprint density at radius 1 is 1.56 bits per heavy atom. The number of carbonyl (C=O) groups is 1. The third kappa shape index (κ3) is 3.87. The number of ether oxygens (including phenoxy) is 2. The first kappa shape index (κ1) is 15.3. The number of alkyl halides is 4. The Morgan fingerprint density at radius 3 is 2.61 bits per heavy atom. The highest BCUT2D eigenvalue weighted by atomic mass is 127. The third-order valence-corrected chi connectivity index (χ3v) is 2.85. The van der Waals surface area contributed by atoms with Gasteiger partial charge in [0.15, 0.2) is 5.75 Å². The van der Waals surface area contributed by atoms with Crippen molar-refractivity contribution in [2.75, 3.05) is 7.11 Å². The molecule has 0 amide bonds. The van der Waals surface area contributed by atoms with E-state index >= 15 is 0 Å². The van der Waals surface area contributed by atoms with Crippen LogP contribution in [0, 0.1) is 3.70 Å². The predicted octanol–water partition coefficient (Wildman–Crippen LogP) is 3.11. The van der Waals surface area contributed by atoms with Crippen LogP contribution in [0.4, 0.5) is 13.2 Å². The SMILES string of the molecule is COC(=O)c1cc(OC(F)(F)F)c(CCl)nc1I. The Bertz CT molecular complexity index is 467. The summed E-state index contributed by atoms with van der Waals surface area (Å²) in [5.74, 6) is -1.69. The number of nitrogens with zero attached hydrogens (tertiary/aromatic N) is 1. The van der Waals surface area contributed by atoms with Gasteiger partial charge >= 0.3 is 12.3 Å². The number of hydrogen-bond donors (Lipinski definition) is 0. The Morgan fingerprint density at radius 2 is 2.17 bits per heavy atom. The normalized spacial score (nSPS) is 11.2. The van der Waals surface area contributed by atoms with Gasteiger partial charge in [-0.05, 0) is 28.7 Å². The largest absolute Gasteiger partial charge is 0.573 e. The minimum atomic E-state index is -4.89. The second-order valence-electron chi connectivity index (χ2n) is 2.94. The van der Waals surface area contributed by atoms with Gasteiger partial charge in [0.1, 0.15) is 3.70 Å². The summed E-state index contributed by atoms with van der Waals surface area (Å²) in [7, 11) is 1.11. The van der Waals surface area contributed by atoms with Gasteiger partial charge in [0.2, 0.25) is 0 Å². The Balaban J connectivity index is 3.26. The van der Waals surface area contributed by atoms with Gasteiger partial charge in [0.25, 0.3) is 0 Å². The number of esters is 1. The molecule has 1 heterocycles. The molecule has 0 unspecified atom stereocenters. The molecule has 4 nitrogen and oxygen atoms in total. The van der Waals surface area contributed by atoms with Crippen molar-refractivity contribution in [3.63, 3.8) is 0 Å². The summed E-state index contributed by atoms with van der Waals surface area (Å²) >= 11 is 7.16. The first-order valence-corrected chi connectivity index (χ1v) is 5.99. The van der Waals surface area contributed by atoms with Crippen molar-refractivity contribution < 1.29 is 27.4 Å². The van der Waals surface area contributed by atoms with Crippen LogP contribution >= 0.6 is 34.2 Å². The van der Waals surface area contributed by atoms with Gasteiger partial charge in [-0.3, -0.25) is 0 Å². The van der Waals surface area contributed by atoms with E-state index < -0.39 is 18.1 Å². The molecule has 0 aliphatic heterocycles. The standard InChI is InChI=1S/C9H6ClF3INO3/c1-17-8(16)4-2-6(18-9(11,12)13)5(3-10)15-7(4)14/h2H,3H2,1H3. The van der Waals surface area contributed by atoms with E-state index in [0.29, 0.717) is 0 Å². The molecular formula is C9H6ClF3INO3. The fourth-order valence-electron chi connectivity index (χ4n) is 1.07. The van der Waals surface area contributed by atoms with Crippen LogP contribution in [0.1, 0.15) is 16.1 Å². The van der Waals surface area contributed by atoms with Crippen LogP contribution in [0.25, 0.3) is 0 Å². The Hall–Kier alpha value is -0.770. The summed E-state index contributed by atoms with van der Waals surface area (Å²) in [5, 5.41) is 0. The molecule has 18 heavy (non-hydrogen) atoms. The van der Waals surface area contributed by atoms with Crippen LogP contribution in [0.2, 0.25) is 0 Å².